The highest BCUT2D eigenvalue weighted by atomic mass is 16.3. The first-order valence-electron chi connectivity index (χ1n) is 8.22. The van der Waals surface area contributed by atoms with E-state index in [1.807, 2.05) is 6.92 Å². The number of carbonyl (C=O) groups is 1. The highest BCUT2D eigenvalue weighted by molar-refractivity contribution is 6.01. The summed E-state index contributed by atoms with van der Waals surface area (Å²) in [5, 5.41) is 12.6. The number of carbonyl (C=O) groups excluding carboxylic acids is 1. The fourth-order valence-electron chi connectivity index (χ4n) is 2.74. The molecular weight excluding hydrogens is 320 g/mol. The summed E-state index contributed by atoms with van der Waals surface area (Å²) in [6.07, 6.45) is 1.34. The first-order chi connectivity index (χ1) is 12.0. The number of nitrogens with one attached hydrogen (secondary N) is 1. The van der Waals surface area contributed by atoms with E-state index in [1.54, 1.807) is 16.7 Å². The normalized spacial score (nSPS) is 14.7. The Morgan fingerprint density at radius 3 is 2.84 bits per heavy atom. The van der Waals surface area contributed by atoms with E-state index >= 15 is 0 Å². The summed E-state index contributed by atoms with van der Waals surface area (Å²) in [6.45, 7) is 2.30. The van der Waals surface area contributed by atoms with Crippen LogP contribution in [0.15, 0.2) is 16.9 Å². The average molecular weight is 340 g/mol. The Balaban J connectivity index is 2.16. The number of anilines is 1. The monoisotopic (exact) mass is 340 g/mol. The van der Waals surface area contributed by atoms with Crippen LogP contribution in [0.2, 0.25) is 0 Å². The maximum atomic E-state index is 12.6. The van der Waals surface area contributed by atoms with Gasteiger partial charge in [-0.3, -0.25) is 9.59 Å². The quantitative estimate of drug-likeness (QED) is 0.704. The second-order valence-corrected chi connectivity index (χ2v) is 6.03. The summed E-state index contributed by atoms with van der Waals surface area (Å²) in [6, 6.07) is 3.20. The summed E-state index contributed by atoms with van der Waals surface area (Å²) in [5.41, 5.74) is 6.33. The van der Waals surface area contributed by atoms with Crippen LogP contribution >= 0.6 is 0 Å². The maximum Gasteiger partial charge on any atom is 0.258 e. The van der Waals surface area contributed by atoms with Gasteiger partial charge in [-0.1, -0.05) is 5.92 Å². The lowest BCUT2D eigenvalue weighted by Gasteiger charge is -2.14. The van der Waals surface area contributed by atoms with Gasteiger partial charge in [-0.25, -0.2) is 4.98 Å². The molecule has 1 saturated carbocycles. The Labute approximate surface area is 144 Å². The van der Waals surface area contributed by atoms with Gasteiger partial charge < -0.3 is 20.7 Å². The molecule has 1 amide bonds. The lowest BCUT2D eigenvalue weighted by molar-refractivity contribution is 0.0962. The van der Waals surface area contributed by atoms with Gasteiger partial charge in [0.1, 0.15) is 28.8 Å². The molecule has 3 rings (SSSR count). The molecule has 1 aliphatic rings. The van der Waals surface area contributed by atoms with Gasteiger partial charge in [-0.2, -0.15) is 0 Å². The van der Waals surface area contributed by atoms with Gasteiger partial charge in [0.15, 0.2) is 0 Å². The smallest absolute Gasteiger partial charge is 0.258 e. The molecular formula is C18H20N4O3. The number of fused-ring (bicyclic) bond motifs is 1. The molecule has 130 valence electrons. The summed E-state index contributed by atoms with van der Waals surface area (Å²) < 4.78 is 1.61. The summed E-state index contributed by atoms with van der Waals surface area (Å²) in [5.74, 6) is 5.45. The van der Waals surface area contributed by atoms with Crippen LogP contribution in [0.25, 0.3) is 11.0 Å². The number of aliphatic hydroxyl groups excluding tert-OH is 1. The van der Waals surface area contributed by atoms with Crippen molar-refractivity contribution in [2.24, 2.45) is 5.92 Å². The molecule has 4 N–H and O–H groups in total. The highest BCUT2D eigenvalue weighted by Crippen LogP contribution is 2.32. The lowest BCUT2D eigenvalue weighted by atomic mass is 10.1. The fraction of sp³-hybridized carbons (Fsp3) is 0.389. The van der Waals surface area contributed by atoms with Crippen molar-refractivity contribution in [2.75, 3.05) is 12.8 Å². The molecule has 0 aromatic carbocycles. The summed E-state index contributed by atoms with van der Waals surface area (Å²) >= 11 is 0. The van der Waals surface area contributed by atoms with E-state index < -0.39 is 17.4 Å². The average Bonchev–Trinajstić information content (AvgIpc) is 3.45. The molecule has 0 saturated heterocycles. The molecule has 2 aromatic rings. The number of rotatable bonds is 3. The van der Waals surface area contributed by atoms with Crippen LogP contribution in [0.1, 0.15) is 35.8 Å². The van der Waals surface area contributed by atoms with Crippen LogP contribution in [0.5, 0.6) is 0 Å². The van der Waals surface area contributed by atoms with E-state index in [1.165, 1.54) is 7.05 Å². The Bertz CT molecular complexity index is 964. The Hall–Kier alpha value is -2.85. The van der Waals surface area contributed by atoms with Crippen LogP contribution in [0.3, 0.4) is 0 Å². The highest BCUT2D eigenvalue weighted by Gasteiger charge is 2.28. The van der Waals surface area contributed by atoms with Crippen molar-refractivity contribution in [1.29, 1.82) is 0 Å². The number of nitrogen functional groups attached to an aromatic ring is 1. The van der Waals surface area contributed by atoms with Gasteiger partial charge in [-0.05, 0) is 43.7 Å². The summed E-state index contributed by atoms with van der Waals surface area (Å²) in [7, 11) is 1.45. The van der Waals surface area contributed by atoms with E-state index in [0.717, 1.165) is 12.8 Å². The van der Waals surface area contributed by atoms with Crippen molar-refractivity contribution in [3.8, 4) is 11.8 Å². The van der Waals surface area contributed by atoms with E-state index in [2.05, 4.69) is 22.1 Å². The first kappa shape index (κ1) is 17.0. The second-order valence-electron chi connectivity index (χ2n) is 6.03. The van der Waals surface area contributed by atoms with Crippen LogP contribution in [-0.4, -0.2) is 33.7 Å². The van der Waals surface area contributed by atoms with E-state index in [0.29, 0.717) is 23.3 Å². The third kappa shape index (κ3) is 3.08. The van der Waals surface area contributed by atoms with Gasteiger partial charge in [0, 0.05) is 13.6 Å². The molecule has 7 nitrogen and oxygen atoms in total. The largest absolute Gasteiger partial charge is 0.384 e. The number of aryl methyl sites for hydroxylation is 1. The predicted molar refractivity (Wildman–Crippen MR) is 95.1 cm³/mol. The van der Waals surface area contributed by atoms with Gasteiger partial charge in [0.25, 0.3) is 5.91 Å². The van der Waals surface area contributed by atoms with Crippen molar-refractivity contribution >= 4 is 22.8 Å². The molecule has 0 radical (unpaired) electrons. The number of hydrogen-bond donors (Lipinski definition) is 3. The number of hydrogen-bond acceptors (Lipinski definition) is 5. The van der Waals surface area contributed by atoms with Gasteiger partial charge in [0.2, 0.25) is 5.43 Å². The number of amides is 1. The second kappa shape index (κ2) is 6.57. The molecule has 0 bridgehead atoms. The SMILES string of the molecule is CCn1c(N)c(C(=O)NC)c(=O)c2ccc(C#CC(O)C3CC3)nc21. The zero-order valence-electron chi connectivity index (χ0n) is 14.2. The van der Waals surface area contributed by atoms with E-state index in [4.69, 9.17) is 5.73 Å². The Morgan fingerprint density at radius 1 is 1.52 bits per heavy atom. The van der Waals surface area contributed by atoms with E-state index in [9.17, 15) is 14.7 Å². The van der Waals surface area contributed by atoms with Crippen molar-refractivity contribution in [3.63, 3.8) is 0 Å². The van der Waals surface area contributed by atoms with Crippen molar-refractivity contribution < 1.29 is 9.90 Å². The third-order valence-corrected chi connectivity index (χ3v) is 4.34. The fourth-order valence-corrected chi connectivity index (χ4v) is 2.74. The van der Waals surface area contributed by atoms with Crippen LogP contribution < -0.4 is 16.5 Å². The van der Waals surface area contributed by atoms with Gasteiger partial charge in [-0.15, -0.1) is 0 Å². The topological polar surface area (TPSA) is 110 Å². The molecule has 1 aliphatic carbocycles. The molecule has 2 heterocycles. The van der Waals surface area contributed by atoms with Crippen LogP contribution in [-0.2, 0) is 6.54 Å². The number of pyridine rings is 2. The minimum Gasteiger partial charge on any atom is -0.384 e. The Morgan fingerprint density at radius 2 is 2.24 bits per heavy atom. The number of aliphatic hydroxyl groups is 1. The van der Waals surface area contributed by atoms with Gasteiger partial charge in [0.05, 0.1) is 5.39 Å². The van der Waals surface area contributed by atoms with Crippen LogP contribution in [0, 0.1) is 17.8 Å². The maximum absolute atomic E-state index is 12.6. The molecule has 7 heteroatoms. The number of aromatic nitrogens is 2. The van der Waals surface area contributed by atoms with Crippen molar-refractivity contribution in [2.45, 2.75) is 32.4 Å². The minimum absolute atomic E-state index is 0.0787. The molecule has 25 heavy (non-hydrogen) atoms. The van der Waals surface area contributed by atoms with Crippen molar-refractivity contribution in [3.05, 3.63) is 33.6 Å². The predicted octanol–water partition coefficient (Wildman–Crippen LogP) is 0.481. The Kier molecular flexibility index (Phi) is 4.47. The van der Waals surface area contributed by atoms with Crippen molar-refractivity contribution in [1.82, 2.24) is 14.9 Å². The first-order valence-corrected chi connectivity index (χ1v) is 8.22. The number of nitrogens with zero attached hydrogens (tertiary/aromatic N) is 2. The molecule has 1 atom stereocenters. The molecule has 1 unspecified atom stereocenters. The van der Waals surface area contributed by atoms with E-state index in [-0.39, 0.29) is 17.3 Å². The molecule has 2 aromatic heterocycles. The minimum atomic E-state index is -0.647. The van der Waals surface area contributed by atoms with Crippen LogP contribution in [0.4, 0.5) is 5.82 Å². The lowest BCUT2D eigenvalue weighted by Crippen LogP contribution is -2.30. The van der Waals surface area contributed by atoms with Gasteiger partial charge >= 0.3 is 0 Å². The molecule has 1 fully saturated rings. The molecule has 0 spiro atoms. The zero-order valence-corrected chi connectivity index (χ0v) is 14.2. The zero-order chi connectivity index (χ0) is 18.1. The standard InChI is InChI=1S/C18H20N4O3/c1-3-22-16(19)14(18(25)20-2)15(24)12-8-6-11(21-17(12)22)7-9-13(23)10-4-5-10/h6,8,10,13,23H,3-5,19H2,1-2H3,(H,20,25). The number of nitrogens with two attached hydrogens (primary N) is 1. The third-order valence-electron chi connectivity index (χ3n) is 4.34. The summed E-state index contributed by atoms with van der Waals surface area (Å²) in [4.78, 5) is 29.0. The molecule has 0 aliphatic heterocycles.